The summed E-state index contributed by atoms with van der Waals surface area (Å²) in [5, 5.41) is 8.29. The Morgan fingerprint density at radius 2 is 1.67 bits per heavy atom. The topological polar surface area (TPSA) is 23.8 Å². The van der Waals surface area contributed by atoms with Crippen LogP contribution < -0.4 is 0 Å². The fourth-order valence-electron chi connectivity index (χ4n) is 0.513. The van der Waals surface area contributed by atoms with E-state index in [1.54, 1.807) is 12.1 Å². The molecule has 0 heterocycles. The summed E-state index contributed by atoms with van der Waals surface area (Å²) < 4.78 is 0. The molecule has 0 fully saturated rings. The van der Waals surface area contributed by atoms with Crippen LogP contribution in [0.1, 0.15) is 5.56 Å². The molecule has 2 heteroatoms. The Labute approximate surface area is 48.2 Å². The predicted octanol–water partition coefficient (Wildman–Crippen LogP) is 1.56. The van der Waals surface area contributed by atoms with Crippen molar-refractivity contribution < 1.29 is 0 Å². The van der Waals surface area contributed by atoms with Gasteiger partial charge in [0.1, 0.15) is 0 Å². The Bertz CT molecular complexity index is 200. The van der Waals surface area contributed by atoms with E-state index in [-0.39, 0.29) is 0 Å². The van der Waals surface area contributed by atoms with Gasteiger partial charge in [-0.25, -0.2) is 0 Å². The second-order valence-corrected chi connectivity index (χ2v) is 1.48. The van der Waals surface area contributed by atoms with Crippen LogP contribution in [0.25, 0.3) is 0 Å². The van der Waals surface area contributed by atoms with Gasteiger partial charge < -0.3 is 0 Å². The average Bonchev–Trinajstić information content (AvgIpc) is 1.90. The normalized spacial score (nSPS) is 7.00. The van der Waals surface area contributed by atoms with E-state index in [1.807, 2.05) is 24.3 Å². The predicted molar refractivity (Wildman–Crippen MR) is 31.2 cm³/mol. The summed E-state index contributed by atoms with van der Waals surface area (Å²) in [5.41, 5.74) is 0.715. The van der Waals surface area contributed by atoms with Crippen LogP contribution >= 0.6 is 0 Å². The monoisotopic (exact) mass is 362 g/mol. The van der Waals surface area contributed by atoms with Crippen molar-refractivity contribution in [3.8, 4) is 6.07 Å². The zero-order valence-electron chi connectivity index (χ0n) is 4.60. The maximum absolute atomic E-state index is 8.29. The molecule has 0 bridgehead atoms. The van der Waals surface area contributed by atoms with Crippen molar-refractivity contribution in [2.45, 2.75) is 0 Å². The first-order valence-corrected chi connectivity index (χ1v) is 2.38. The van der Waals surface area contributed by atoms with Crippen LogP contribution in [0.3, 0.4) is 0 Å². The zero-order chi connectivity index (χ0) is 5.82. The zero-order valence-corrected chi connectivity index (χ0v) is 6.83. The van der Waals surface area contributed by atoms with Crippen molar-refractivity contribution in [3.63, 3.8) is 0 Å². The van der Waals surface area contributed by atoms with Gasteiger partial charge in [-0.05, 0) is 12.1 Å². The first kappa shape index (κ1) is 6.71. The van der Waals surface area contributed by atoms with E-state index in [2.05, 4.69) is 0 Å². The molecule has 0 atom stereocenters. The van der Waals surface area contributed by atoms with Crippen molar-refractivity contribution in [2.24, 2.45) is 0 Å². The Morgan fingerprint density at radius 3 is 2.00 bits per heavy atom. The van der Waals surface area contributed by atoms with Gasteiger partial charge in [0.15, 0.2) is 0 Å². The molecule has 0 aliphatic carbocycles. The molecule has 0 saturated heterocycles. The van der Waals surface area contributed by atoms with E-state index < -0.39 is 0 Å². The van der Waals surface area contributed by atoms with Crippen LogP contribution in [-0.2, 0) is 0 Å². The molecule has 0 N–H and O–H groups in total. The van der Waals surface area contributed by atoms with Crippen LogP contribution in [0, 0.1) is 11.3 Å². The molecule has 0 aromatic heterocycles. The first-order valence-electron chi connectivity index (χ1n) is 2.38. The second kappa shape index (κ2) is 2.81. The quantitative estimate of drug-likeness (QED) is 0.687. The van der Waals surface area contributed by atoms with Crippen LogP contribution in [-0.4, -0.2) is 0 Å². The summed E-state index contributed by atoms with van der Waals surface area (Å²) in [6.07, 6.45) is 0. The molecule has 1 aromatic rings. The summed E-state index contributed by atoms with van der Waals surface area (Å²) in [4.78, 5) is 0. The number of rotatable bonds is 0. The molecule has 52 valence electrons. The number of nitrogens with zero attached hydrogens (tertiary/aromatic N) is 1. The van der Waals surface area contributed by atoms with Crippen LogP contribution in [0.5, 0.6) is 0 Å². The minimum atomic E-state index is 0. The molecule has 1 aromatic carbocycles. The third-order valence-electron chi connectivity index (χ3n) is 0.903. The number of benzene rings is 1. The molecule has 1 nitrogen and oxygen atoms in total. The standard InChI is InChI=1S/C7H5N.No/c8-6-7-4-2-1-3-5-7;/h1-5H;. The molecule has 0 amide bonds. The van der Waals surface area contributed by atoms with Crippen molar-refractivity contribution in [1.82, 2.24) is 0 Å². The minimum Gasteiger partial charge on any atom is -0.192 e. The van der Waals surface area contributed by atoms with Gasteiger partial charge in [-0.3, -0.25) is 0 Å². The van der Waals surface area contributed by atoms with Gasteiger partial charge in [0.2, 0.25) is 0 Å². The molecular weight excluding hydrogens is 357 g/mol. The van der Waals surface area contributed by atoms with Gasteiger partial charge in [-0.15, -0.1) is 0 Å². The van der Waals surface area contributed by atoms with Crippen LogP contribution in [0.2, 0.25) is 0 Å². The van der Waals surface area contributed by atoms with E-state index in [9.17, 15) is 0 Å². The number of hydrogen-bond donors (Lipinski definition) is 0. The smallest absolute Gasteiger partial charge is 0.0991 e. The Morgan fingerprint density at radius 1 is 1.11 bits per heavy atom. The largest absolute Gasteiger partial charge is 0.192 e. The summed E-state index contributed by atoms with van der Waals surface area (Å²) in [5.74, 6) is 0. The third-order valence-corrected chi connectivity index (χ3v) is 0.903. The van der Waals surface area contributed by atoms with Crippen molar-refractivity contribution in [1.29, 1.82) is 5.26 Å². The first-order chi connectivity index (χ1) is 3.93. The number of nitriles is 1. The molecular formula is C7H5NNo. The molecule has 0 spiro atoms. The fraction of sp³-hybridized carbons (Fsp3) is 0. The number of hydrogen-bond acceptors (Lipinski definition) is 1. The van der Waals surface area contributed by atoms with Gasteiger partial charge >= 0.3 is 0 Å². The SMILES string of the molecule is N#Cc1ccccc1.[No]. The molecule has 0 unspecified atom stereocenters. The van der Waals surface area contributed by atoms with Gasteiger partial charge in [-0.2, -0.15) is 5.26 Å². The van der Waals surface area contributed by atoms with Crippen LogP contribution in [0.4, 0.5) is 0 Å². The molecule has 0 aliphatic rings. The molecule has 0 saturated carbocycles. The van der Waals surface area contributed by atoms with E-state index in [4.69, 9.17) is 5.26 Å². The second-order valence-electron chi connectivity index (χ2n) is 1.48. The Balaban J connectivity index is 0.000000640. The summed E-state index contributed by atoms with van der Waals surface area (Å²) in [6, 6.07) is 11.2. The van der Waals surface area contributed by atoms with Crippen molar-refractivity contribution in [2.75, 3.05) is 0 Å². The Hall–Kier alpha value is -2.29. The molecule has 0 aliphatic heterocycles. The van der Waals surface area contributed by atoms with Gasteiger partial charge in [-0.1, -0.05) is 18.2 Å². The van der Waals surface area contributed by atoms with Gasteiger partial charge in [0.25, 0.3) is 0 Å². The van der Waals surface area contributed by atoms with Crippen molar-refractivity contribution in [3.05, 3.63) is 35.9 Å². The molecule has 9 heavy (non-hydrogen) atoms. The molecule has 1 rings (SSSR count). The summed E-state index contributed by atoms with van der Waals surface area (Å²) in [6.45, 7) is 0. The van der Waals surface area contributed by atoms with E-state index >= 15 is 0 Å². The van der Waals surface area contributed by atoms with Gasteiger partial charge in [0.05, 0.1) is 11.6 Å². The average molecular weight is 362 g/mol. The fourth-order valence-corrected chi connectivity index (χ4v) is 0.513. The van der Waals surface area contributed by atoms with E-state index in [1.165, 1.54) is 0 Å². The minimum absolute atomic E-state index is 0. The Kier molecular flexibility index (Phi) is 2.10. The van der Waals surface area contributed by atoms with E-state index in [0.29, 0.717) is 5.56 Å². The van der Waals surface area contributed by atoms with Gasteiger partial charge in [0, 0.05) is 0 Å². The van der Waals surface area contributed by atoms with E-state index in [0.717, 1.165) is 0 Å². The maximum atomic E-state index is 8.29. The van der Waals surface area contributed by atoms with Crippen molar-refractivity contribution >= 4 is 0 Å². The maximum Gasteiger partial charge on any atom is 0.0991 e. The summed E-state index contributed by atoms with van der Waals surface area (Å²) >= 11 is 0. The van der Waals surface area contributed by atoms with Crippen LogP contribution in [0.15, 0.2) is 30.3 Å². The third kappa shape index (κ3) is 1.32. The molecule has 0 radical (unpaired) electrons. The summed E-state index contributed by atoms with van der Waals surface area (Å²) in [7, 11) is 0.